The van der Waals surface area contributed by atoms with Gasteiger partial charge in [0.1, 0.15) is 5.69 Å². The molecule has 1 N–H and O–H groups in total. The number of carbonyl (C=O) groups is 2. The van der Waals surface area contributed by atoms with Crippen molar-refractivity contribution < 1.29 is 90.1 Å². The third kappa shape index (κ3) is 39.7. The highest BCUT2D eigenvalue weighted by Gasteiger charge is 2.18. The van der Waals surface area contributed by atoms with Crippen LogP contribution in [0.5, 0.6) is 0 Å². The van der Waals surface area contributed by atoms with Crippen LogP contribution in [0.4, 0.5) is 5.69 Å². The van der Waals surface area contributed by atoms with E-state index in [0.29, 0.717) is 216 Å². The Hall–Kier alpha value is -3.25. The van der Waals surface area contributed by atoms with E-state index in [1.807, 2.05) is 4.57 Å². The quantitative estimate of drug-likeness (QED) is 0.0742. The van der Waals surface area contributed by atoms with Crippen molar-refractivity contribution >= 4 is 17.6 Å². The summed E-state index contributed by atoms with van der Waals surface area (Å²) in [7, 11) is 5.03. The number of hydrogen-bond acceptors (Lipinski definition) is 21. The summed E-state index contributed by atoms with van der Waals surface area (Å²) in [5, 5.41) is 2.85. The molecule has 0 saturated carbocycles. The molecular weight excluding hydrogens is 987 g/mol. The van der Waals surface area contributed by atoms with Crippen LogP contribution in [0, 0.1) is 0 Å². The number of nitrogens with zero attached hydrogens (tertiary/aromatic N) is 4. The van der Waals surface area contributed by atoms with Crippen molar-refractivity contribution in [1.29, 1.82) is 0 Å². The predicted octanol–water partition coefficient (Wildman–Crippen LogP) is 2.65. The Kier molecular flexibility index (Phi) is 46.6. The van der Waals surface area contributed by atoms with Crippen LogP contribution in [0.3, 0.4) is 0 Å². The van der Waals surface area contributed by atoms with E-state index in [4.69, 9.17) is 80.5 Å². The minimum absolute atomic E-state index is 0.244. The average Bonchev–Trinajstić information content (AvgIpc) is 4.04. The number of methoxy groups -OCH3 is 2. The zero-order chi connectivity index (χ0) is 53.8. The number of carbonyl (C=O) groups excluding carboxylic acids is 2. The highest BCUT2D eigenvalue weighted by Crippen LogP contribution is 2.18. The summed E-state index contributed by atoms with van der Waals surface area (Å²) in [6.45, 7) is 20.0. The van der Waals surface area contributed by atoms with E-state index >= 15 is 0 Å². The first-order chi connectivity index (χ1) is 37.0. The fourth-order valence-corrected chi connectivity index (χ4v) is 6.56. The molecule has 0 atom stereocenters. The Morgan fingerprint density at radius 1 is 0.493 bits per heavy atom. The second kappa shape index (κ2) is 51.5. The van der Waals surface area contributed by atoms with Gasteiger partial charge in [-0.15, -0.1) is 0 Å². The van der Waals surface area contributed by atoms with Crippen LogP contribution in [0.2, 0.25) is 0 Å². The van der Waals surface area contributed by atoms with Gasteiger partial charge < -0.3 is 95.0 Å². The van der Waals surface area contributed by atoms with Crippen LogP contribution < -0.4 is 5.32 Å². The van der Waals surface area contributed by atoms with E-state index in [2.05, 4.69) is 15.2 Å². The second-order valence-corrected chi connectivity index (χ2v) is 16.3. The summed E-state index contributed by atoms with van der Waals surface area (Å²) < 4.78 is 96.7. The van der Waals surface area contributed by atoms with Crippen molar-refractivity contribution in [3.8, 4) is 0 Å². The number of esters is 1. The van der Waals surface area contributed by atoms with Crippen LogP contribution in [0.25, 0.3) is 0 Å². The summed E-state index contributed by atoms with van der Waals surface area (Å²) in [4.78, 5) is 32.1. The Morgan fingerprint density at radius 2 is 0.853 bits per heavy atom. The SMILES string of the molecule is CCOC(=O)c1cc(NC(=O)c2nccn2C)cn1CCCCCN(CCOCCOCCOCCOCCOCCOCCOCCOC)CCOCCOCCOCCOCCOCCOCCOCCOC. The number of aryl methyl sites for hydroxylation is 2. The number of imidazole rings is 1. The van der Waals surface area contributed by atoms with E-state index in [1.54, 1.807) is 57.4 Å². The van der Waals surface area contributed by atoms with E-state index in [0.717, 1.165) is 38.9 Å². The molecule has 2 aromatic rings. The number of rotatable bonds is 58. The average molecular weight is 1080 g/mol. The summed E-state index contributed by atoms with van der Waals surface area (Å²) in [6, 6.07) is 1.64. The maximum absolute atomic E-state index is 12.8. The highest BCUT2D eigenvalue weighted by molar-refractivity contribution is 6.02. The summed E-state index contributed by atoms with van der Waals surface area (Å²) >= 11 is 0. The molecule has 75 heavy (non-hydrogen) atoms. The lowest BCUT2D eigenvalue weighted by atomic mass is 10.2. The van der Waals surface area contributed by atoms with E-state index < -0.39 is 5.97 Å². The number of hydrogen-bond donors (Lipinski definition) is 1. The van der Waals surface area contributed by atoms with Gasteiger partial charge in [-0.25, -0.2) is 9.78 Å². The van der Waals surface area contributed by atoms with E-state index in [-0.39, 0.29) is 18.3 Å². The number of unbranched alkanes of at least 4 members (excludes halogenated alkanes) is 2. The minimum atomic E-state index is -0.442. The summed E-state index contributed by atoms with van der Waals surface area (Å²) in [5.41, 5.74) is 0.880. The maximum Gasteiger partial charge on any atom is 0.355 e. The van der Waals surface area contributed by atoms with E-state index in [9.17, 15) is 9.59 Å². The van der Waals surface area contributed by atoms with Gasteiger partial charge in [0.05, 0.1) is 211 Å². The smallest absolute Gasteiger partial charge is 0.355 e. The molecule has 2 heterocycles. The fraction of sp³-hybridized carbons (Fsp3) is 0.824. The normalized spacial score (nSPS) is 11.6. The van der Waals surface area contributed by atoms with Gasteiger partial charge in [0, 0.05) is 59.5 Å². The van der Waals surface area contributed by atoms with Crippen molar-refractivity contribution in [3.63, 3.8) is 0 Å². The predicted molar refractivity (Wildman–Crippen MR) is 277 cm³/mol. The number of nitrogens with one attached hydrogen (secondary N) is 1. The standard InChI is InChI=1S/C51H93N5O19/c1-5-75-51(58)48-45-47(53-50(57)49-52-9-12-54(49)2)46-56(48)11-8-6-7-10-55(13-15-61-21-23-65-29-31-69-37-39-73-43-41-71-35-33-67-27-25-63-19-17-59-3)14-16-62-22-24-66-30-32-70-38-40-74-44-42-72-36-34-68-28-26-64-20-18-60-4/h9,12,45-46H,5-8,10-11,13-44H2,1-4H3,(H,53,57). The molecule has 0 bridgehead atoms. The Bertz CT molecular complexity index is 1530. The Labute approximate surface area is 445 Å². The van der Waals surface area contributed by atoms with Crippen LogP contribution in [0.1, 0.15) is 47.3 Å². The van der Waals surface area contributed by atoms with Crippen LogP contribution in [-0.4, -0.2) is 270 Å². The molecular formula is C51H93N5O19. The molecule has 0 unspecified atom stereocenters. The van der Waals surface area contributed by atoms with Gasteiger partial charge in [-0.05, 0) is 32.4 Å². The molecule has 24 heteroatoms. The first kappa shape index (κ1) is 67.9. The molecule has 0 aromatic carbocycles. The first-order valence-electron chi connectivity index (χ1n) is 26.4. The van der Waals surface area contributed by atoms with Gasteiger partial charge in [0.2, 0.25) is 0 Å². The van der Waals surface area contributed by atoms with Gasteiger partial charge in [0.15, 0.2) is 5.82 Å². The molecule has 24 nitrogen and oxygen atoms in total. The minimum Gasteiger partial charge on any atom is -0.461 e. The monoisotopic (exact) mass is 1080 g/mol. The molecule has 0 aliphatic rings. The molecule has 0 spiro atoms. The van der Waals surface area contributed by atoms with Crippen molar-refractivity contribution in [2.45, 2.75) is 32.7 Å². The molecule has 1 amide bonds. The lowest BCUT2D eigenvalue weighted by Gasteiger charge is -2.22. The van der Waals surface area contributed by atoms with Gasteiger partial charge in [-0.1, -0.05) is 6.42 Å². The van der Waals surface area contributed by atoms with E-state index in [1.165, 1.54) is 0 Å². The molecule has 0 aliphatic carbocycles. The summed E-state index contributed by atoms with van der Waals surface area (Å²) in [6.07, 6.45) is 7.67. The third-order valence-corrected chi connectivity index (χ3v) is 10.5. The van der Waals surface area contributed by atoms with Crippen molar-refractivity contribution in [2.24, 2.45) is 7.05 Å². The lowest BCUT2D eigenvalue weighted by Crippen LogP contribution is -2.32. The topological polar surface area (TPSA) is 229 Å². The fourth-order valence-electron chi connectivity index (χ4n) is 6.56. The Morgan fingerprint density at radius 3 is 1.19 bits per heavy atom. The summed E-state index contributed by atoms with van der Waals surface area (Å²) in [5.74, 6) is -0.539. The number of ether oxygens (including phenoxy) is 17. The zero-order valence-electron chi connectivity index (χ0n) is 45.7. The molecule has 0 aliphatic heterocycles. The number of amides is 1. The molecule has 2 aromatic heterocycles. The number of aromatic nitrogens is 3. The van der Waals surface area contributed by atoms with Crippen molar-refractivity contribution in [1.82, 2.24) is 19.0 Å². The van der Waals surface area contributed by atoms with Crippen molar-refractivity contribution in [3.05, 3.63) is 36.2 Å². The van der Waals surface area contributed by atoms with Crippen LogP contribution in [-0.2, 0) is 94.1 Å². The van der Waals surface area contributed by atoms with Crippen LogP contribution >= 0.6 is 0 Å². The lowest BCUT2D eigenvalue weighted by molar-refractivity contribution is -0.0237. The number of anilines is 1. The molecule has 0 fully saturated rings. The molecule has 0 saturated heterocycles. The first-order valence-corrected chi connectivity index (χ1v) is 26.4. The molecule has 0 radical (unpaired) electrons. The highest BCUT2D eigenvalue weighted by atomic mass is 16.6. The molecule has 436 valence electrons. The van der Waals surface area contributed by atoms with Crippen molar-refractivity contribution in [2.75, 3.05) is 244 Å². The van der Waals surface area contributed by atoms with Crippen LogP contribution in [0.15, 0.2) is 24.7 Å². The zero-order valence-corrected chi connectivity index (χ0v) is 45.7. The second-order valence-electron chi connectivity index (χ2n) is 16.3. The van der Waals surface area contributed by atoms with Gasteiger partial charge in [-0.3, -0.25) is 9.69 Å². The van der Waals surface area contributed by atoms with Gasteiger partial charge in [-0.2, -0.15) is 0 Å². The largest absolute Gasteiger partial charge is 0.461 e. The maximum atomic E-state index is 12.8. The Balaban J connectivity index is 1.60. The van der Waals surface area contributed by atoms with Gasteiger partial charge >= 0.3 is 5.97 Å². The van der Waals surface area contributed by atoms with Gasteiger partial charge in [0.25, 0.3) is 5.91 Å². The molecule has 2 rings (SSSR count). The third-order valence-electron chi connectivity index (χ3n) is 10.5.